The number of hydrogen-bond acceptors (Lipinski definition) is 4. The van der Waals surface area contributed by atoms with E-state index in [1.54, 1.807) is 0 Å². The number of ether oxygens (including phenoxy) is 1. The fraction of sp³-hybridized carbons (Fsp3) is 0.182. The zero-order valence-corrected chi connectivity index (χ0v) is 9.11. The minimum atomic E-state index is -1.79. The lowest BCUT2D eigenvalue weighted by atomic mass is 10.0. The molecule has 5 nitrogen and oxygen atoms in total. The van der Waals surface area contributed by atoms with Gasteiger partial charge in [0.15, 0.2) is 0 Å². The van der Waals surface area contributed by atoms with Crippen molar-refractivity contribution in [1.29, 1.82) is 0 Å². The summed E-state index contributed by atoms with van der Waals surface area (Å²) in [6.07, 6.45) is 0. The number of benzene rings is 1. The minimum Gasteiger partial charge on any atom is -0.475 e. The van der Waals surface area contributed by atoms with Crippen LogP contribution in [0.25, 0.3) is 0 Å². The average Bonchev–Trinajstić information content (AvgIpc) is 2.27. The Bertz CT molecular complexity index is 507. The van der Waals surface area contributed by atoms with Crippen molar-refractivity contribution in [2.24, 2.45) is 0 Å². The molecule has 0 aliphatic carbocycles. The first-order valence-electron chi connectivity index (χ1n) is 4.54. The van der Waals surface area contributed by atoms with E-state index in [2.05, 4.69) is 4.74 Å². The third-order valence-corrected chi connectivity index (χ3v) is 2.16. The van der Waals surface area contributed by atoms with Crippen LogP contribution < -0.4 is 0 Å². The van der Waals surface area contributed by atoms with Crippen LogP contribution in [-0.4, -0.2) is 29.9 Å². The molecule has 1 aromatic carbocycles. The standard InChI is InChI=1S/C11H9FO5/c1-5-3-8(12)7(9(13)10(14)15)4-6(5)11(16)17-2/h3-4H,1-2H3,(H,14,15). The number of esters is 1. The van der Waals surface area contributed by atoms with E-state index in [1.807, 2.05) is 0 Å². The van der Waals surface area contributed by atoms with E-state index in [9.17, 15) is 18.8 Å². The van der Waals surface area contributed by atoms with Gasteiger partial charge in [-0.3, -0.25) is 4.79 Å². The highest BCUT2D eigenvalue weighted by molar-refractivity contribution is 6.40. The van der Waals surface area contributed by atoms with Gasteiger partial charge in [-0.25, -0.2) is 14.0 Å². The van der Waals surface area contributed by atoms with Crippen LogP contribution in [0.4, 0.5) is 4.39 Å². The van der Waals surface area contributed by atoms with Gasteiger partial charge in [-0.1, -0.05) is 0 Å². The van der Waals surface area contributed by atoms with Gasteiger partial charge < -0.3 is 9.84 Å². The maximum absolute atomic E-state index is 13.4. The van der Waals surface area contributed by atoms with E-state index in [-0.39, 0.29) is 11.1 Å². The molecule has 0 heterocycles. The van der Waals surface area contributed by atoms with Crippen molar-refractivity contribution in [3.63, 3.8) is 0 Å². The quantitative estimate of drug-likeness (QED) is 0.487. The molecule has 1 aromatic rings. The third kappa shape index (κ3) is 2.47. The number of hydrogen-bond donors (Lipinski definition) is 1. The normalized spacial score (nSPS) is 9.82. The van der Waals surface area contributed by atoms with E-state index in [1.165, 1.54) is 6.92 Å². The molecule has 0 atom stereocenters. The van der Waals surface area contributed by atoms with Gasteiger partial charge in [0.1, 0.15) is 5.82 Å². The van der Waals surface area contributed by atoms with Crippen molar-refractivity contribution in [2.45, 2.75) is 6.92 Å². The van der Waals surface area contributed by atoms with Crippen LogP contribution in [0.5, 0.6) is 0 Å². The van der Waals surface area contributed by atoms with Crippen LogP contribution in [0, 0.1) is 12.7 Å². The first kappa shape index (κ1) is 12.8. The number of Topliss-reactive ketones (excluding diaryl/α,β-unsaturated/α-hetero) is 1. The molecule has 1 rings (SSSR count). The van der Waals surface area contributed by atoms with Gasteiger partial charge in [-0.05, 0) is 24.6 Å². The molecule has 0 spiro atoms. The highest BCUT2D eigenvalue weighted by Gasteiger charge is 2.22. The van der Waals surface area contributed by atoms with Crippen LogP contribution in [0.1, 0.15) is 26.3 Å². The van der Waals surface area contributed by atoms with E-state index < -0.39 is 29.1 Å². The van der Waals surface area contributed by atoms with Gasteiger partial charge in [0, 0.05) is 0 Å². The number of carbonyl (C=O) groups is 3. The zero-order valence-electron chi connectivity index (χ0n) is 9.11. The number of halogens is 1. The largest absolute Gasteiger partial charge is 0.475 e. The number of aliphatic carboxylic acids is 1. The molecule has 0 fully saturated rings. The molecule has 0 radical (unpaired) electrons. The van der Waals surface area contributed by atoms with Crippen molar-refractivity contribution < 1.29 is 28.6 Å². The molecule has 0 unspecified atom stereocenters. The van der Waals surface area contributed by atoms with Gasteiger partial charge in [-0.2, -0.15) is 0 Å². The first-order valence-corrected chi connectivity index (χ1v) is 4.54. The van der Waals surface area contributed by atoms with Crippen molar-refractivity contribution in [2.75, 3.05) is 7.11 Å². The van der Waals surface area contributed by atoms with Gasteiger partial charge in [0.25, 0.3) is 5.78 Å². The molecule has 0 saturated heterocycles. The molecule has 0 amide bonds. The topological polar surface area (TPSA) is 80.7 Å². The van der Waals surface area contributed by atoms with Gasteiger partial charge in [0.05, 0.1) is 18.2 Å². The third-order valence-electron chi connectivity index (χ3n) is 2.16. The second-order valence-corrected chi connectivity index (χ2v) is 3.27. The number of aryl methyl sites for hydroxylation is 1. The fourth-order valence-corrected chi connectivity index (χ4v) is 1.29. The molecule has 90 valence electrons. The van der Waals surface area contributed by atoms with E-state index in [0.29, 0.717) is 0 Å². The lowest BCUT2D eigenvalue weighted by molar-refractivity contribution is -0.131. The highest BCUT2D eigenvalue weighted by Crippen LogP contribution is 2.17. The molecule has 0 aliphatic rings. The van der Waals surface area contributed by atoms with Crippen molar-refractivity contribution >= 4 is 17.7 Å². The summed E-state index contributed by atoms with van der Waals surface area (Å²) in [6.45, 7) is 1.45. The number of carboxylic acid groups (broad SMARTS) is 1. The van der Waals surface area contributed by atoms with Crippen LogP contribution in [-0.2, 0) is 9.53 Å². The van der Waals surface area contributed by atoms with E-state index >= 15 is 0 Å². The van der Waals surface area contributed by atoms with Gasteiger partial charge in [-0.15, -0.1) is 0 Å². The van der Waals surface area contributed by atoms with Crippen molar-refractivity contribution in [1.82, 2.24) is 0 Å². The summed E-state index contributed by atoms with van der Waals surface area (Å²) in [5, 5.41) is 8.48. The molecular weight excluding hydrogens is 231 g/mol. The summed E-state index contributed by atoms with van der Waals surface area (Å²) in [7, 11) is 1.13. The Balaban J connectivity index is 3.38. The predicted molar refractivity (Wildman–Crippen MR) is 54.4 cm³/mol. The maximum Gasteiger partial charge on any atom is 0.377 e. The fourth-order valence-electron chi connectivity index (χ4n) is 1.29. The summed E-state index contributed by atoms with van der Waals surface area (Å²) < 4.78 is 17.8. The molecule has 6 heteroatoms. The number of carboxylic acids is 1. The number of ketones is 1. The molecule has 0 bridgehead atoms. The summed E-state index contributed by atoms with van der Waals surface area (Å²) >= 11 is 0. The van der Waals surface area contributed by atoms with Crippen molar-refractivity contribution in [3.8, 4) is 0 Å². The Labute approximate surface area is 95.8 Å². The molecule has 1 N–H and O–H groups in total. The Kier molecular flexibility index (Phi) is 3.57. The van der Waals surface area contributed by atoms with Gasteiger partial charge >= 0.3 is 11.9 Å². The molecule has 0 aliphatic heterocycles. The summed E-state index contributed by atoms with van der Waals surface area (Å²) in [5.41, 5.74) is -0.446. The molecule has 17 heavy (non-hydrogen) atoms. The second-order valence-electron chi connectivity index (χ2n) is 3.27. The first-order chi connectivity index (χ1) is 7.88. The second kappa shape index (κ2) is 4.73. The predicted octanol–water partition coefficient (Wildman–Crippen LogP) is 1.19. The Morgan fingerprint density at radius 3 is 2.29 bits per heavy atom. The van der Waals surface area contributed by atoms with E-state index in [0.717, 1.165) is 19.2 Å². The Hall–Kier alpha value is -2.24. The molecule has 0 saturated carbocycles. The lowest BCUT2D eigenvalue weighted by Crippen LogP contribution is -2.16. The van der Waals surface area contributed by atoms with Gasteiger partial charge in [0.2, 0.25) is 0 Å². The molecular formula is C11H9FO5. The minimum absolute atomic E-state index is 0.0431. The van der Waals surface area contributed by atoms with Crippen LogP contribution in [0.15, 0.2) is 12.1 Å². The monoisotopic (exact) mass is 240 g/mol. The number of carbonyl (C=O) groups excluding carboxylic acids is 2. The zero-order chi connectivity index (χ0) is 13.2. The van der Waals surface area contributed by atoms with Crippen molar-refractivity contribution in [3.05, 3.63) is 34.6 Å². The average molecular weight is 240 g/mol. The summed E-state index contributed by atoms with van der Waals surface area (Å²) in [4.78, 5) is 32.9. The molecule has 0 aromatic heterocycles. The highest BCUT2D eigenvalue weighted by atomic mass is 19.1. The summed E-state index contributed by atoms with van der Waals surface area (Å²) in [6, 6.07) is 1.80. The Morgan fingerprint density at radius 1 is 1.24 bits per heavy atom. The van der Waals surface area contributed by atoms with E-state index in [4.69, 9.17) is 5.11 Å². The maximum atomic E-state index is 13.4. The van der Waals surface area contributed by atoms with Crippen LogP contribution >= 0.6 is 0 Å². The smallest absolute Gasteiger partial charge is 0.377 e. The lowest BCUT2D eigenvalue weighted by Gasteiger charge is -2.06. The number of methoxy groups -OCH3 is 1. The SMILES string of the molecule is COC(=O)c1cc(C(=O)C(=O)O)c(F)cc1C. The Morgan fingerprint density at radius 2 is 1.82 bits per heavy atom. The van der Waals surface area contributed by atoms with Crippen LogP contribution in [0.2, 0.25) is 0 Å². The van der Waals surface area contributed by atoms with Crippen LogP contribution in [0.3, 0.4) is 0 Å². The number of rotatable bonds is 3. The summed E-state index contributed by atoms with van der Waals surface area (Å²) in [5.74, 6) is -4.94.